The van der Waals surface area contributed by atoms with Crippen molar-refractivity contribution in [3.63, 3.8) is 0 Å². The molecule has 21 heavy (non-hydrogen) atoms. The van der Waals surface area contributed by atoms with Crippen LogP contribution in [0.2, 0.25) is 0 Å². The molecule has 110 valence electrons. The molecule has 0 atom stereocenters. The Labute approximate surface area is 124 Å². The Morgan fingerprint density at radius 2 is 2.14 bits per heavy atom. The van der Waals surface area contributed by atoms with Gasteiger partial charge in [-0.05, 0) is 36.6 Å². The largest absolute Gasteiger partial charge is 0.419 e. The highest BCUT2D eigenvalue weighted by Gasteiger charge is 2.16. The summed E-state index contributed by atoms with van der Waals surface area (Å²) in [5.74, 6) is -0.453. The van der Waals surface area contributed by atoms with Crippen LogP contribution in [0.4, 0.5) is 5.69 Å². The molecular formula is C13H12N2O4S2. The summed E-state index contributed by atoms with van der Waals surface area (Å²) in [6, 6.07) is 7.94. The number of hydrogen-bond acceptors (Lipinski definition) is 5. The minimum Gasteiger partial charge on any atom is -0.408 e. The molecule has 0 radical (unpaired) electrons. The van der Waals surface area contributed by atoms with Gasteiger partial charge in [0.25, 0.3) is 10.0 Å². The smallest absolute Gasteiger partial charge is 0.408 e. The zero-order valence-corrected chi connectivity index (χ0v) is 12.7. The number of sulfonamides is 1. The van der Waals surface area contributed by atoms with Crippen LogP contribution in [-0.4, -0.2) is 13.0 Å². The van der Waals surface area contributed by atoms with Crippen molar-refractivity contribution in [1.82, 2.24) is 4.57 Å². The van der Waals surface area contributed by atoms with E-state index in [1.807, 2.05) is 6.92 Å². The highest BCUT2D eigenvalue weighted by Crippen LogP contribution is 2.23. The van der Waals surface area contributed by atoms with E-state index in [2.05, 4.69) is 4.72 Å². The van der Waals surface area contributed by atoms with Crippen molar-refractivity contribution in [2.45, 2.75) is 17.7 Å². The van der Waals surface area contributed by atoms with Crippen molar-refractivity contribution in [3.8, 4) is 0 Å². The molecule has 0 spiro atoms. The van der Waals surface area contributed by atoms with Gasteiger partial charge in [0, 0.05) is 6.54 Å². The lowest BCUT2D eigenvalue weighted by Crippen LogP contribution is -2.13. The molecule has 2 heterocycles. The van der Waals surface area contributed by atoms with Gasteiger partial charge in [-0.1, -0.05) is 6.07 Å². The van der Waals surface area contributed by atoms with Gasteiger partial charge in [-0.25, -0.2) is 13.2 Å². The molecule has 0 aliphatic carbocycles. The summed E-state index contributed by atoms with van der Waals surface area (Å²) in [5, 5.41) is 1.70. The van der Waals surface area contributed by atoms with E-state index in [0.717, 1.165) is 11.3 Å². The van der Waals surface area contributed by atoms with Crippen molar-refractivity contribution in [1.29, 1.82) is 0 Å². The normalized spacial score (nSPS) is 11.9. The minimum atomic E-state index is -3.60. The number of aromatic nitrogens is 1. The topological polar surface area (TPSA) is 81.3 Å². The van der Waals surface area contributed by atoms with Crippen LogP contribution < -0.4 is 10.5 Å². The van der Waals surface area contributed by atoms with Crippen molar-refractivity contribution in [3.05, 3.63) is 46.3 Å². The molecule has 6 nitrogen and oxygen atoms in total. The number of thiophene rings is 1. The number of nitrogens with one attached hydrogen (secondary N) is 1. The van der Waals surface area contributed by atoms with Gasteiger partial charge in [0.05, 0.1) is 11.2 Å². The molecule has 0 aliphatic rings. The van der Waals surface area contributed by atoms with Crippen LogP contribution in [0.3, 0.4) is 0 Å². The van der Waals surface area contributed by atoms with Gasteiger partial charge in [0.1, 0.15) is 4.21 Å². The molecule has 0 saturated heterocycles. The SMILES string of the molecule is CCn1c(=O)oc2ccc(NS(=O)(=O)c3cccs3)cc21. The van der Waals surface area contributed by atoms with Crippen molar-refractivity contribution in [2.75, 3.05) is 4.72 Å². The molecule has 0 fully saturated rings. The van der Waals surface area contributed by atoms with Crippen LogP contribution in [0, 0.1) is 0 Å². The van der Waals surface area contributed by atoms with Crippen LogP contribution >= 0.6 is 11.3 Å². The number of nitrogens with zero attached hydrogens (tertiary/aromatic N) is 1. The lowest BCUT2D eigenvalue weighted by Gasteiger charge is -2.06. The van der Waals surface area contributed by atoms with E-state index in [-0.39, 0.29) is 4.21 Å². The molecule has 1 aromatic carbocycles. The number of anilines is 1. The first-order valence-electron chi connectivity index (χ1n) is 6.21. The van der Waals surface area contributed by atoms with Gasteiger partial charge in [-0.2, -0.15) is 0 Å². The van der Waals surface area contributed by atoms with Crippen LogP contribution in [0.5, 0.6) is 0 Å². The number of oxazole rings is 1. The van der Waals surface area contributed by atoms with Crippen molar-refractivity contribution in [2.24, 2.45) is 0 Å². The van der Waals surface area contributed by atoms with Gasteiger partial charge >= 0.3 is 5.76 Å². The number of hydrogen-bond donors (Lipinski definition) is 1. The van der Waals surface area contributed by atoms with Crippen LogP contribution in [0.1, 0.15) is 6.92 Å². The fourth-order valence-corrected chi connectivity index (χ4v) is 4.09. The van der Waals surface area contributed by atoms with Gasteiger partial charge in [-0.15, -0.1) is 11.3 Å². The molecule has 2 aromatic heterocycles. The lowest BCUT2D eigenvalue weighted by molar-refractivity contribution is 0.513. The second-order valence-corrected chi connectivity index (χ2v) is 7.19. The Morgan fingerprint density at radius 1 is 1.33 bits per heavy atom. The van der Waals surface area contributed by atoms with Crippen LogP contribution in [0.15, 0.2) is 49.1 Å². The summed E-state index contributed by atoms with van der Waals surface area (Å²) in [6.07, 6.45) is 0. The molecule has 1 N–H and O–H groups in total. The van der Waals surface area contributed by atoms with Gasteiger partial charge in [-0.3, -0.25) is 9.29 Å². The summed E-state index contributed by atoms with van der Waals surface area (Å²) < 4.78 is 33.6. The molecule has 8 heteroatoms. The third-order valence-electron chi connectivity index (χ3n) is 3.00. The van der Waals surface area contributed by atoms with Gasteiger partial charge in [0.15, 0.2) is 5.58 Å². The average molecular weight is 324 g/mol. The first kappa shape index (κ1) is 13.9. The summed E-state index contributed by atoms with van der Waals surface area (Å²) in [5.41, 5.74) is 1.38. The Hall–Kier alpha value is -2.06. The third kappa shape index (κ3) is 2.47. The molecule has 0 saturated carbocycles. The lowest BCUT2D eigenvalue weighted by atomic mass is 10.3. The first-order chi connectivity index (χ1) is 10.0. The van der Waals surface area contributed by atoms with Crippen LogP contribution in [0.25, 0.3) is 11.1 Å². The maximum Gasteiger partial charge on any atom is 0.419 e. The Kier molecular flexibility index (Phi) is 3.34. The van der Waals surface area contributed by atoms with E-state index in [0.29, 0.717) is 23.3 Å². The van der Waals surface area contributed by atoms with Gasteiger partial charge < -0.3 is 4.42 Å². The monoisotopic (exact) mass is 324 g/mol. The maximum atomic E-state index is 12.2. The maximum absolute atomic E-state index is 12.2. The third-order valence-corrected chi connectivity index (χ3v) is 5.77. The highest BCUT2D eigenvalue weighted by atomic mass is 32.2. The molecule has 0 amide bonds. The van der Waals surface area contributed by atoms with E-state index in [9.17, 15) is 13.2 Å². The molecular weight excluding hydrogens is 312 g/mol. The molecule has 0 bridgehead atoms. The van der Waals surface area contributed by atoms with Crippen molar-refractivity contribution >= 4 is 38.1 Å². The first-order valence-corrected chi connectivity index (χ1v) is 8.57. The molecule has 0 aliphatic heterocycles. The minimum absolute atomic E-state index is 0.239. The van der Waals surface area contributed by atoms with E-state index >= 15 is 0 Å². The van der Waals surface area contributed by atoms with Crippen LogP contribution in [-0.2, 0) is 16.6 Å². The summed E-state index contributed by atoms with van der Waals surface area (Å²) in [6.45, 7) is 2.27. The summed E-state index contributed by atoms with van der Waals surface area (Å²) >= 11 is 1.14. The second-order valence-electron chi connectivity index (χ2n) is 4.33. The Morgan fingerprint density at radius 3 is 2.81 bits per heavy atom. The highest BCUT2D eigenvalue weighted by molar-refractivity contribution is 7.94. The molecule has 0 unspecified atom stereocenters. The van der Waals surface area contributed by atoms with Crippen molar-refractivity contribution < 1.29 is 12.8 Å². The second kappa shape index (κ2) is 5.05. The predicted octanol–water partition coefficient (Wildman–Crippen LogP) is 2.48. The van der Waals surface area contributed by atoms with Gasteiger partial charge in [0.2, 0.25) is 0 Å². The van der Waals surface area contributed by atoms with E-state index in [1.54, 1.807) is 29.6 Å². The number of fused-ring (bicyclic) bond motifs is 1. The number of benzene rings is 1. The number of rotatable bonds is 4. The number of aryl methyl sites for hydroxylation is 1. The molecule has 3 aromatic rings. The standard InChI is InChI=1S/C13H12N2O4S2/c1-2-15-10-8-9(5-6-11(10)19-13(15)16)14-21(17,18)12-4-3-7-20-12/h3-8,14H,2H2,1H3. The van der Waals surface area contributed by atoms with E-state index < -0.39 is 15.8 Å². The summed E-state index contributed by atoms with van der Waals surface area (Å²) in [7, 11) is -3.60. The predicted molar refractivity (Wildman–Crippen MR) is 81.3 cm³/mol. The average Bonchev–Trinajstić information content (AvgIpc) is 3.05. The Bertz CT molecular complexity index is 936. The fraction of sp³-hybridized carbons (Fsp3) is 0.154. The van der Waals surface area contributed by atoms with E-state index in [1.165, 1.54) is 10.6 Å². The van der Waals surface area contributed by atoms with E-state index in [4.69, 9.17) is 4.42 Å². The zero-order chi connectivity index (χ0) is 15.0. The fourth-order valence-electron chi connectivity index (χ4n) is 2.05. The Balaban J connectivity index is 2.04. The quantitative estimate of drug-likeness (QED) is 0.799. The molecule has 3 rings (SSSR count). The zero-order valence-electron chi connectivity index (χ0n) is 11.1. The summed E-state index contributed by atoms with van der Waals surface area (Å²) in [4.78, 5) is 11.6.